The van der Waals surface area contributed by atoms with E-state index in [2.05, 4.69) is 9.80 Å². The lowest BCUT2D eigenvalue weighted by Crippen LogP contribution is -2.49. The molecule has 104 valence electrons. The largest absolute Gasteiger partial charge is 0.393 e. The molecule has 0 amide bonds. The van der Waals surface area contributed by atoms with Crippen LogP contribution in [0.15, 0.2) is 0 Å². The standard InChI is InChI=1S/C15H28N2O/c18-15-5-3-1-2-4-13(15)12-16-8-10-17(11-9-16)14-6-7-14/h13-15,18H,1-12H2. The van der Waals surface area contributed by atoms with Gasteiger partial charge >= 0.3 is 0 Å². The van der Waals surface area contributed by atoms with E-state index in [1.807, 2.05) is 0 Å². The molecule has 3 aliphatic rings. The Labute approximate surface area is 111 Å². The van der Waals surface area contributed by atoms with E-state index in [1.54, 1.807) is 0 Å². The number of hydrogen-bond donors (Lipinski definition) is 1. The third kappa shape index (κ3) is 3.25. The average molecular weight is 252 g/mol. The van der Waals surface area contributed by atoms with Crippen LogP contribution in [0, 0.1) is 5.92 Å². The van der Waals surface area contributed by atoms with E-state index in [-0.39, 0.29) is 6.10 Å². The van der Waals surface area contributed by atoms with Crippen LogP contribution in [0.1, 0.15) is 44.9 Å². The SMILES string of the molecule is OC1CCCCCC1CN1CCN(C2CC2)CC1. The maximum absolute atomic E-state index is 10.2. The fourth-order valence-electron chi connectivity index (χ4n) is 3.66. The summed E-state index contributed by atoms with van der Waals surface area (Å²) in [6.07, 6.45) is 8.98. The first-order valence-corrected chi connectivity index (χ1v) is 7.97. The molecule has 1 saturated heterocycles. The minimum atomic E-state index is -0.0334. The third-order valence-corrected chi connectivity index (χ3v) is 5.08. The van der Waals surface area contributed by atoms with Crippen LogP contribution in [0.3, 0.4) is 0 Å². The van der Waals surface area contributed by atoms with Crippen molar-refractivity contribution >= 4 is 0 Å². The van der Waals surface area contributed by atoms with Crippen LogP contribution >= 0.6 is 0 Å². The minimum absolute atomic E-state index is 0.0334. The molecule has 1 aliphatic heterocycles. The second-order valence-electron chi connectivity index (χ2n) is 6.53. The molecule has 3 fully saturated rings. The van der Waals surface area contributed by atoms with E-state index in [4.69, 9.17) is 0 Å². The molecule has 1 N–H and O–H groups in total. The topological polar surface area (TPSA) is 26.7 Å². The number of hydrogen-bond acceptors (Lipinski definition) is 3. The number of nitrogens with zero attached hydrogens (tertiary/aromatic N) is 2. The lowest BCUT2D eigenvalue weighted by molar-refractivity contribution is 0.0524. The Morgan fingerprint density at radius 2 is 1.56 bits per heavy atom. The van der Waals surface area contributed by atoms with Crippen molar-refractivity contribution in [3.63, 3.8) is 0 Å². The van der Waals surface area contributed by atoms with Crippen LogP contribution < -0.4 is 0 Å². The van der Waals surface area contributed by atoms with Crippen molar-refractivity contribution in [2.45, 2.75) is 57.1 Å². The number of aliphatic hydroxyl groups is 1. The normalized spacial score (nSPS) is 36.5. The number of rotatable bonds is 3. The highest BCUT2D eigenvalue weighted by Gasteiger charge is 2.32. The summed E-state index contributed by atoms with van der Waals surface area (Å²) in [5.41, 5.74) is 0. The van der Waals surface area contributed by atoms with Crippen molar-refractivity contribution in [2.24, 2.45) is 5.92 Å². The Bertz CT molecular complexity index is 259. The van der Waals surface area contributed by atoms with Gasteiger partial charge in [-0.05, 0) is 31.6 Å². The van der Waals surface area contributed by atoms with E-state index in [0.717, 1.165) is 19.0 Å². The first-order chi connectivity index (χ1) is 8.83. The van der Waals surface area contributed by atoms with E-state index in [9.17, 15) is 5.11 Å². The van der Waals surface area contributed by atoms with Gasteiger partial charge in [0.25, 0.3) is 0 Å². The average Bonchev–Trinajstić information content (AvgIpc) is 3.21. The molecule has 0 spiro atoms. The van der Waals surface area contributed by atoms with Crippen LogP contribution in [0.25, 0.3) is 0 Å². The summed E-state index contributed by atoms with van der Waals surface area (Å²) in [6, 6.07) is 0.927. The summed E-state index contributed by atoms with van der Waals surface area (Å²) >= 11 is 0. The van der Waals surface area contributed by atoms with E-state index >= 15 is 0 Å². The summed E-state index contributed by atoms with van der Waals surface area (Å²) in [7, 11) is 0. The van der Waals surface area contributed by atoms with Crippen LogP contribution in [0.4, 0.5) is 0 Å². The van der Waals surface area contributed by atoms with Gasteiger partial charge in [0.2, 0.25) is 0 Å². The second-order valence-corrected chi connectivity index (χ2v) is 6.53. The molecule has 3 heteroatoms. The minimum Gasteiger partial charge on any atom is -0.393 e. The van der Waals surface area contributed by atoms with Crippen LogP contribution in [-0.4, -0.2) is 59.8 Å². The van der Waals surface area contributed by atoms with E-state index < -0.39 is 0 Å². The fraction of sp³-hybridized carbons (Fsp3) is 1.00. The number of aliphatic hydroxyl groups excluding tert-OH is 1. The maximum Gasteiger partial charge on any atom is 0.0580 e. The van der Waals surface area contributed by atoms with Crippen LogP contribution in [-0.2, 0) is 0 Å². The van der Waals surface area contributed by atoms with Crippen molar-refractivity contribution in [1.82, 2.24) is 9.80 Å². The fourth-order valence-corrected chi connectivity index (χ4v) is 3.66. The van der Waals surface area contributed by atoms with E-state index in [1.165, 1.54) is 64.7 Å². The predicted octanol–water partition coefficient (Wildman–Crippen LogP) is 1.71. The van der Waals surface area contributed by atoms with Crippen molar-refractivity contribution in [2.75, 3.05) is 32.7 Å². The smallest absolute Gasteiger partial charge is 0.0580 e. The predicted molar refractivity (Wildman–Crippen MR) is 73.6 cm³/mol. The van der Waals surface area contributed by atoms with Gasteiger partial charge in [0.05, 0.1) is 6.10 Å². The molecule has 0 aromatic carbocycles. The van der Waals surface area contributed by atoms with Gasteiger partial charge in [-0.25, -0.2) is 0 Å². The van der Waals surface area contributed by atoms with Gasteiger partial charge in [-0.3, -0.25) is 4.90 Å². The molecule has 0 aromatic heterocycles. The van der Waals surface area contributed by atoms with E-state index in [0.29, 0.717) is 5.92 Å². The van der Waals surface area contributed by atoms with Gasteiger partial charge in [-0.1, -0.05) is 19.3 Å². The lowest BCUT2D eigenvalue weighted by Gasteiger charge is -2.37. The summed E-state index contributed by atoms with van der Waals surface area (Å²) in [4.78, 5) is 5.26. The highest BCUT2D eigenvalue weighted by Crippen LogP contribution is 2.28. The molecule has 2 unspecified atom stereocenters. The molecule has 3 nitrogen and oxygen atoms in total. The maximum atomic E-state index is 10.2. The molecule has 1 heterocycles. The molecule has 0 radical (unpaired) electrons. The molecular formula is C15H28N2O. The Kier molecular flexibility index (Phi) is 4.22. The molecule has 0 bridgehead atoms. The van der Waals surface area contributed by atoms with Crippen LogP contribution in [0.5, 0.6) is 0 Å². The zero-order valence-electron chi connectivity index (χ0n) is 11.6. The Balaban J connectivity index is 1.44. The van der Waals surface area contributed by atoms with Gasteiger partial charge in [0.1, 0.15) is 0 Å². The molecule has 2 saturated carbocycles. The lowest BCUT2D eigenvalue weighted by atomic mass is 9.96. The monoisotopic (exact) mass is 252 g/mol. The molecular weight excluding hydrogens is 224 g/mol. The quantitative estimate of drug-likeness (QED) is 0.775. The summed E-state index contributed by atoms with van der Waals surface area (Å²) in [6.45, 7) is 6.10. The first kappa shape index (κ1) is 12.9. The summed E-state index contributed by atoms with van der Waals surface area (Å²) in [5.74, 6) is 0.542. The highest BCUT2D eigenvalue weighted by molar-refractivity contribution is 4.88. The van der Waals surface area contributed by atoms with Crippen molar-refractivity contribution < 1.29 is 5.11 Å². The Morgan fingerprint density at radius 1 is 0.833 bits per heavy atom. The Morgan fingerprint density at radius 3 is 2.28 bits per heavy atom. The van der Waals surface area contributed by atoms with Gasteiger partial charge in [-0.2, -0.15) is 0 Å². The Hall–Kier alpha value is -0.120. The zero-order chi connectivity index (χ0) is 12.4. The molecule has 2 atom stereocenters. The van der Waals surface area contributed by atoms with Crippen molar-refractivity contribution in [1.29, 1.82) is 0 Å². The molecule has 2 aliphatic carbocycles. The van der Waals surface area contributed by atoms with Gasteiger partial charge in [-0.15, -0.1) is 0 Å². The molecule has 18 heavy (non-hydrogen) atoms. The third-order valence-electron chi connectivity index (χ3n) is 5.08. The van der Waals surface area contributed by atoms with Crippen molar-refractivity contribution in [3.8, 4) is 0 Å². The first-order valence-electron chi connectivity index (χ1n) is 7.97. The highest BCUT2D eigenvalue weighted by atomic mass is 16.3. The van der Waals surface area contributed by atoms with Crippen molar-refractivity contribution in [3.05, 3.63) is 0 Å². The van der Waals surface area contributed by atoms with Crippen LogP contribution in [0.2, 0.25) is 0 Å². The zero-order valence-corrected chi connectivity index (χ0v) is 11.6. The summed E-state index contributed by atoms with van der Waals surface area (Å²) in [5, 5.41) is 10.2. The summed E-state index contributed by atoms with van der Waals surface area (Å²) < 4.78 is 0. The molecule has 3 rings (SSSR count). The van der Waals surface area contributed by atoms with Gasteiger partial charge in [0.15, 0.2) is 0 Å². The van der Waals surface area contributed by atoms with Gasteiger partial charge in [0, 0.05) is 38.8 Å². The molecule has 0 aromatic rings. The number of piperazine rings is 1. The van der Waals surface area contributed by atoms with Gasteiger partial charge < -0.3 is 10.0 Å². The second kappa shape index (κ2) is 5.89.